The average Bonchev–Trinajstić information content (AvgIpc) is 3.02. The molecule has 1 heterocycles. The molecule has 0 spiro atoms. The van der Waals surface area contributed by atoms with E-state index in [-0.39, 0.29) is 0 Å². The van der Waals surface area contributed by atoms with E-state index < -0.39 is 0 Å². The molecule has 78 valence electrons. The molecule has 2 heteroatoms. The zero-order valence-corrected chi connectivity index (χ0v) is 8.84. The highest BCUT2D eigenvalue weighted by Crippen LogP contribution is 2.33. The number of rotatable bonds is 4. The van der Waals surface area contributed by atoms with E-state index in [0.29, 0.717) is 0 Å². The van der Waals surface area contributed by atoms with Crippen molar-refractivity contribution in [2.24, 2.45) is 5.92 Å². The maximum absolute atomic E-state index is 5.25. The van der Waals surface area contributed by atoms with Crippen molar-refractivity contribution in [1.29, 1.82) is 0 Å². The maximum atomic E-state index is 5.25. The van der Waals surface area contributed by atoms with Crippen LogP contribution in [0.25, 0.3) is 0 Å². The van der Waals surface area contributed by atoms with Crippen molar-refractivity contribution < 1.29 is 0 Å². The number of hydrogen-bond acceptors (Lipinski definition) is 2. The Morgan fingerprint density at radius 2 is 2.29 bits per heavy atom. The van der Waals surface area contributed by atoms with E-state index in [4.69, 9.17) is 6.42 Å². The topological polar surface area (TPSA) is 15.3 Å². The lowest BCUT2D eigenvalue weighted by atomic mass is 10.1. The summed E-state index contributed by atoms with van der Waals surface area (Å²) in [6, 6.07) is 0.773. The molecule has 0 aromatic heterocycles. The molecule has 2 aliphatic rings. The summed E-state index contributed by atoms with van der Waals surface area (Å²) < 4.78 is 0. The molecule has 0 aromatic carbocycles. The van der Waals surface area contributed by atoms with E-state index in [1.165, 1.54) is 32.5 Å². The lowest BCUT2D eigenvalue weighted by Gasteiger charge is -2.33. The van der Waals surface area contributed by atoms with Gasteiger partial charge in [0, 0.05) is 32.1 Å². The molecule has 1 aliphatic carbocycles. The fourth-order valence-electron chi connectivity index (χ4n) is 2.26. The van der Waals surface area contributed by atoms with Crippen molar-refractivity contribution >= 4 is 0 Å². The number of hydrogen-bond donors (Lipinski definition) is 1. The van der Waals surface area contributed by atoms with Crippen molar-refractivity contribution in [3.8, 4) is 12.3 Å². The Morgan fingerprint density at radius 3 is 3.00 bits per heavy atom. The first-order valence-corrected chi connectivity index (χ1v) is 5.79. The normalized spacial score (nSPS) is 28.6. The first kappa shape index (κ1) is 10.0. The minimum atomic E-state index is 0.773. The van der Waals surface area contributed by atoms with Gasteiger partial charge in [0.15, 0.2) is 0 Å². The Kier molecular flexibility index (Phi) is 3.44. The third kappa shape index (κ3) is 2.73. The zero-order valence-electron chi connectivity index (χ0n) is 8.84. The summed E-state index contributed by atoms with van der Waals surface area (Å²) in [6.45, 7) is 4.80. The van der Waals surface area contributed by atoms with Gasteiger partial charge in [0.25, 0.3) is 0 Å². The maximum Gasteiger partial charge on any atom is 0.0223 e. The van der Waals surface area contributed by atoms with E-state index >= 15 is 0 Å². The van der Waals surface area contributed by atoms with Crippen LogP contribution in [0.1, 0.15) is 25.7 Å². The lowest BCUT2D eigenvalue weighted by molar-refractivity contribution is 0.187. The second-order valence-corrected chi connectivity index (χ2v) is 4.51. The first-order valence-electron chi connectivity index (χ1n) is 5.79. The SMILES string of the molecule is C#CCCCN1CCNC(C2CC2)C1. The van der Waals surface area contributed by atoms with Crippen LogP contribution < -0.4 is 5.32 Å². The average molecular weight is 192 g/mol. The van der Waals surface area contributed by atoms with Crippen molar-refractivity contribution in [2.45, 2.75) is 31.7 Å². The minimum absolute atomic E-state index is 0.773. The molecule has 0 bridgehead atoms. The van der Waals surface area contributed by atoms with Crippen molar-refractivity contribution in [2.75, 3.05) is 26.2 Å². The van der Waals surface area contributed by atoms with Crippen LogP contribution in [0.3, 0.4) is 0 Å². The Hall–Kier alpha value is -0.520. The lowest BCUT2D eigenvalue weighted by Crippen LogP contribution is -2.51. The second-order valence-electron chi connectivity index (χ2n) is 4.51. The summed E-state index contributed by atoms with van der Waals surface area (Å²) >= 11 is 0. The molecule has 1 N–H and O–H groups in total. The molecule has 14 heavy (non-hydrogen) atoms. The van der Waals surface area contributed by atoms with Crippen LogP contribution in [0, 0.1) is 18.3 Å². The van der Waals surface area contributed by atoms with Crippen LogP contribution in [0.2, 0.25) is 0 Å². The number of terminal acetylenes is 1. The highest BCUT2D eigenvalue weighted by molar-refractivity contribution is 4.91. The molecule has 1 saturated heterocycles. The van der Waals surface area contributed by atoms with Crippen LogP contribution >= 0.6 is 0 Å². The fourth-order valence-corrected chi connectivity index (χ4v) is 2.26. The molecule has 1 aliphatic heterocycles. The summed E-state index contributed by atoms with van der Waals surface area (Å²) in [5.41, 5.74) is 0. The van der Waals surface area contributed by atoms with Gasteiger partial charge in [-0.15, -0.1) is 12.3 Å². The van der Waals surface area contributed by atoms with Crippen molar-refractivity contribution in [3.05, 3.63) is 0 Å². The summed E-state index contributed by atoms with van der Waals surface area (Å²) in [6.07, 6.45) is 10.2. The molecule has 0 aromatic rings. The van der Waals surface area contributed by atoms with Gasteiger partial charge in [-0.1, -0.05) is 0 Å². The van der Waals surface area contributed by atoms with Gasteiger partial charge in [0.2, 0.25) is 0 Å². The third-order valence-electron chi connectivity index (χ3n) is 3.28. The fraction of sp³-hybridized carbons (Fsp3) is 0.833. The van der Waals surface area contributed by atoms with Crippen LogP contribution in [-0.2, 0) is 0 Å². The second kappa shape index (κ2) is 4.82. The standard InChI is InChI=1S/C12H20N2/c1-2-3-4-8-14-9-7-13-12(10-14)11-5-6-11/h1,11-13H,3-10H2. The van der Waals surface area contributed by atoms with E-state index in [9.17, 15) is 0 Å². The number of unbranched alkanes of at least 4 members (excludes halogenated alkanes) is 1. The molecule has 0 amide bonds. The summed E-state index contributed by atoms with van der Waals surface area (Å²) in [7, 11) is 0. The van der Waals surface area contributed by atoms with Gasteiger partial charge in [0.1, 0.15) is 0 Å². The molecular formula is C12H20N2. The van der Waals surface area contributed by atoms with Crippen molar-refractivity contribution in [3.63, 3.8) is 0 Å². The first-order chi connectivity index (χ1) is 6.90. The summed E-state index contributed by atoms with van der Waals surface area (Å²) in [4.78, 5) is 2.57. The highest BCUT2D eigenvalue weighted by Gasteiger charge is 2.33. The van der Waals surface area contributed by atoms with Gasteiger partial charge >= 0.3 is 0 Å². The number of piperazine rings is 1. The quantitative estimate of drug-likeness (QED) is 0.530. The van der Waals surface area contributed by atoms with Gasteiger partial charge in [-0.05, 0) is 31.7 Å². The van der Waals surface area contributed by atoms with E-state index in [1.54, 1.807) is 0 Å². The van der Waals surface area contributed by atoms with Crippen LogP contribution in [0.15, 0.2) is 0 Å². The van der Waals surface area contributed by atoms with Gasteiger partial charge in [-0.25, -0.2) is 0 Å². The van der Waals surface area contributed by atoms with Gasteiger partial charge < -0.3 is 10.2 Å². The minimum Gasteiger partial charge on any atom is -0.311 e. The molecule has 2 rings (SSSR count). The largest absolute Gasteiger partial charge is 0.311 e. The number of nitrogens with zero attached hydrogens (tertiary/aromatic N) is 1. The monoisotopic (exact) mass is 192 g/mol. The smallest absolute Gasteiger partial charge is 0.0223 e. The van der Waals surface area contributed by atoms with Gasteiger partial charge in [-0.3, -0.25) is 0 Å². The van der Waals surface area contributed by atoms with E-state index in [0.717, 1.165) is 31.3 Å². The van der Waals surface area contributed by atoms with Crippen LogP contribution in [-0.4, -0.2) is 37.1 Å². The van der Waals surface area contributed by atoms with E-state index in [2.05, 4.69) is 16.1 Å². The Balaban J connectivity index is 1.68. The Bertz CT molecular complexity index is 215. The molecule has 1 saturated carbocycles. The Labute approximate surface area is 87.1 Å². The van der Waals surface area contributed by atoms with Gasteiger partial charge in [-0.2, -0.15) is 0 Å². The summed E-state index contributed by atoms with van der Waals surface area (Å²) in [5, 5.41) is 3.62. The molecule has 1 atom stereocenters. The highest BCUT2D eigenvalue weighted by atomic mass is 15.2. The molecular weight excluding hydrogens is 172 g/mol. The predicted molar refractivity (Wildman–Crippen MR) is 59.0 cm³/mol. The Morgan fingerprint density at radius 1 is 1.43 bits per heavy atom. The molecule has 2 fully saturated rings. The molecule has 1 unspecified atom stereocenters. The molecule has 2 nitrogen and oxygen atoms in total. The number of nitrogens with one attached hydrogen (secondary N) is 1. The van der Waals surface area contributed by atoms with E-state index in [1.807, 2.05) is 0 Å². The van der Waals surface area contributed by atoms with Crippen LogP contribution in [0.5, 0.6) is 0 Å². The van der Waals surface area contributed by atoms with Crippen LogP contribution in [0.4, 0.5) is 0 Å². The zero-order chi connectivity index (χ0) is 9.80. The van der Waals surface area contributed by atoms with Crippen molar-refractivity contribution in [1.82, 2.24) is 10.2 Å². The predicted octanol–water partition coefficient (Wildman–Crippen LogP) is 1.08. The molecule has 0 radical (unpaired) electrons. The summed E-state index contributed by atoms with van der Waals surface area (Å²) in [5.74, 6) is 3.69. The third-order valence-corrected chi connectivity index (χ3v) is 3.28. The van der Waals surface area contributed by atoms with Gasteiger partial charge in [0.05, 0.1) is 0 Å².